The fourth-order valence-corrected chi connectivity index (χ4v) is 5.52. The van der Waals surface area contributed by atoms with E-state index in [0.717, 1.165) is 59.1 Å². The summed E-state index contributed by atoms with van der Waals surface area (Å²) in [6, 6.07) is 8.02. The lowest BCUT2D eigenvalue weighted by Crippen LogP contribution is -2.37. The number of hydrogen-bond acceptors (Lipinski definition) is 5. The number of nitrogen functional groups attached to an aromatic ring is 1. The molecule has 8 nitrogen and oxygen atoms in total. The predicted molar refractivity (Wildman–Crippen MR) is 143 cm³/mol. The van der Waals surface area contributed by atoms with Crippen LogP contribution in [0.15, 0.2) is 49.3 Å². The largest absolute Gasteiger partial charge is 0.383 e. The van der Waals surface area contributed by atoms with Crippen molar-refractivity contribution in [2.45, 2.75) is 51.0 Å². The fraction of sp³-hybridized carbons (Fsp3) is 0.357. The van der Waals surface area contributed by atoms with Gasteiger partial charge in [-0.15, -0.1) is 0 Å². The monoisotopic (exact) mass is 484 g/mol. The van der Waals surface area contributed by atoms with Crippen molar-refractivity contribution < 1.29 is 9.59 Å². The van der Waals surface area contributed by atoms with Gasteiger partial charge in [0.15, 0.2) is 0 Å². The highest BCUT2D eigenvalue weighted by Crippen LogP contribution is 2.43. The summed E-state index contributed by atoms with van der Waals surface area (Å²) in [4.78, 5) is 33.3. The first-order valence-corrected chi connectivity index (χ1v) is 12.6. The molecule has 0 bridgehead atoms. The summed E-state index contributed by atoms with van der Waals surface area (Å²) in [5.74, 6) is 0.355. The number of carbonyl (C=O) groups is 2. The topological polar surface area (TPSA) is 115 Å². The van der Waals surface area contributed by atoms with Crippen LogP contribution in [0.2, 0.25) is 0 Å². The number of nitrogens with one attached hydrogen (secondary N) is 2. The van der Waals surface area contributed by atoms with E-state index >= 15 is 0 Å². The number of benzene rings is 1. The summed E-state index contributed by atoms with van der Waals surface area (Å²) in [6.45, 7) is 3.50. The zero-order valence-corrected chi connectivity index (χ0v) is 20.6. The van der Waals surface area contributed by atoms with Crippen molar-refractivity contribution in [3.63, 3.8) is 0 Å². The minimum Gasteiger partial charge on any atom is -0.383 e. The normalized spacial score (nSPS) is 18.1. The Morgan fingerprint density at radius 1 is 1.14 bits per heavy atom. The van der Waals surface area contributed by atoms with E-state index in [-0.39, 0.29) is 17.7 Å². The SMILES string of the molecule is C=CC(=O)Nc1ccc(-c2c(C3=CCC(C(=O)NC4CCCC4)CC3)c3c(N)ncnc3n2C)cc1. The van der Waals surface area contributed by atoms with Crippen LogP contribution in [0.1, 0.15) is 50.5 Å². The van der Waals surface area contributed by atoms with Gasteiger partial charge < -0.3 is 20.9 Å². The van der Waals surface area contributed by atoms with Gasteiger partial charge in [0, 0.05) is 30.3 Å². The molecule has 2 heterocycles. The molecule has 0 saturated heterocycles. The van der Waals surface area contributed by atoms with Crippen molar-refractivity contribution >= 4 is 39.9 Å². The van der Waals surface area contributed by atoms with Gasteiger partial charge in [-0.05, 0) is 61.4 Å². The predicted octanol–water partition coefficient (Wildman–Crippen LogP) is 4.58. The van der Waals surface area contributed by atoms with Gasteiger partial charge in [-0.25, -0.2) is 9.97 Å². The molecule has 4 N–H and O–H groups in total. The van der Waals surface area contributed by atoms with Crippen LogP contribution in [0.5, 0.6) is 0 Å². The number of nitrogens with two attached hydrogens (primary N) is 1. The first kappa shape index (κ1) is 23.8. The Morgan fingerprint density at radius 2 is 1.89 bits per heavy atom. The van der Waals surface area contributed by atoms with E-state index in [0.29, 0.717) is 24.0 Å². The zero-order valence-electron chi connectivity index (χ0n) is 20.6. The minimum absolute atomic E-state index is 0.00544. The highest BCUT2D eigenvalue weighted by molar-refractivity contribution is 6.04. The maximum Gasteiger partial charge on any atom is 0.247 e. The zero-order chi connectivity index (χ0) is 25.2. The molecule has 8 heteroatoms. The molecule has 1 saturated carbocycles. The highest BCUT2D eigenvalue weighted by atomic mass is 16.2. The van der Waals surface area contributed by atoms with E-state index in [4.69, 9.17) is 5.73 Å². The van der Waals surface area contributed by atoms with E-state index in [9.17, 15) is 9.59 Å². The van der Waals surface area contributed by atoms with E-state index in [1.165, 1.54) is 25.2 Å². The van der Waals surface area contributed by atoms with Crippen molar-refractivity contribution in [3.05, 3.63) is 54.9 Å². The van der Waals surface area contributed by atoms with Gasteiger partial charge in [0.05, 0.1) is 11.1 Å². The van der Waals surface area contributed by atoms with Crippen LogP contribution in [0, 0.1) is 5.92 Å². The average Bonchev–Trinajstić information content (AvgIpc) is 3.51. The Labute approximate surface area is 210 Å². The summed E-state index contributed by atoms with van der Waals surface area (Å²) in [7, 11) is 1.97. The first-order valence-electron chi connectivity index (χ1n) is 12.6. The number of aromatic nitrogens is 3. The van der Waals surface area contributed by atoms with Crippen LogP contribution in [-0.2, 0) is 16.6 Å². The molecule has 0 aliphatic heterocycles. The van der Waals surface area contributed by atoms with Crippen molar-refractivity contribution in [2.24, 2.45) is 13.0 Å². The molecule has 0 radical (unpaired) electrons. The highest BCUT2D eigenvalue weighted by Gasteiger charge is 2.29. The molecule has 0 spiro atoms. The quantitative estimate of drug-likeness (QED) is 0.443. The number of anilines is 2. The second-order valence-electron chi connectivity index (χ2n) is 9.70. The lowest BCUT2D eigenvalue weighted by molar-refractivity contribution is -0.125. The maximum absolute atomic E-state index is 12.9. The molecule has 1 unspecified atom stereocenters. The summed E-state index contributed by atoms with van der Waals surface area (Å²) >= 11 is 0. The van der Waals surface area contributed by atoms with Crippen LogP contribution < -0.4 is 16.4 Å². The van der Waals surface area contributed by atoms with Crippen LogP contribution in [0.25, 0.3) is 27.9 Å². The van der Waals surface area contributed by atoms with Crippen molar-refractivity contribution in [3.8, 4) is 11.3 Å². The molecule has 2 aromatic heterocycles. The summed E-state index contributed by atoms with van der Waals surface area (Å²) in [5, 5.41) is 6.87. The van der Waals surface area contributed by atoms with Gasteiger partial charge in [0.2, 0.25) is 11.8 Å². The molecule has 1 aromatic carbocycles. The molecule has 2 aliphatic rings. The first-order chi connectivity index (χ1) is 17.5. The molecule has 36 heavy (non-hydrogen) atoms. The maximum atomic E-state index is 12.9. The fourth-order valence-electron chi connectivity index (χ4n) is 5.52. The number of allylic oxidation sites excluding steroid dienone is 2. The third-order valence-corrected chi connectivity index (χ3v) is 7.41. The van der Waals surface area contributed by atoms with E-state index in [2.05, 4.69) is 33.3 Å². The van der Waals surface area contributed by atoms with Gasteiger partial charge >= 0.3 is 0 Å². The molecule has 1 fully saturated rings. The van der Waals surface area contributed by atoms with Crippen molar-refractivity contribution in [2.75, 3.05) is 11.1 Å². The Hall–Kier alpha value is -3.94. The number of hydrogen-bond donors (Lipinski definition) is 3. The van der Waals surface area contributed by atoms with Crippen molar-refractivity contribution in [1.82, 2.24) is 19.9 Å². The standard InChI is InChI=1S/C28H32N6O2/c1-3-22(35)32-21-14-12-18(13-15-21)25-23(24-26(29)30-16-31-27(24)34(25)2)17-8-10-19(11-9-17)28(36)33-20-6-4-5-7-20/h3,8,12-16,19-20H,1,4-7,9-11H2,2H3,(H,32,35)(H,33,36)(H2,29,30,31). The molecule has 5 rings (SSSR count). The third-order valence-electron chi connectivity index (χ3n) is 7.41. The molecule has 186 valence electrons. The van der Waals surface area contributed by atoms with Gasteiger partial charge in [0.1, 0.15) is 17.8 Å². The number of rotatable bonds is 6. The van der Waals surface area contributed by atoms with E-state index < -0.39 is 0 Å². The number of fused-ring (bicyclic) bond motifs is 1. The Morgan fingerprint density at radius 3 is 2.56 bits per heavy atom. The van der Waals surface area contributed by atoms with Gasteiger partial charge in [-0.1, -0.05) is 37.6 Å². The number of aryl methyl sites for hydroxylation is 1. The minimum atomic E-state index is -0.255. The van der Waals surface area contributed by atoms with Gasteiger partial charge in [-0.2, -0.15) is 0 Å². The summed E-state index contributed by atoms with van der Waals surface area (Å²) in [5.41, 5.74) is 12.0. The molecular formula is C28H32N6O2. The molecule has 1 atom stereocenters. The number of carbonyl (C=O) groups excluding carboxylic acids is 2. The van der Waals surface area contributed by atoms with E-state index in [1.54, 1.807) is 0 Å². The Balaban J connectivity index is 1.49. The Kier molecular flexibility index (Phi) is 6.59. The Bertz CT molecular complexity index is 1350. The molecule has 3 aromatic rings. The third kappa shape index (κ3) is 4.51. The average molecular weight is 485 g/mol. The summed E-state index contributed by atoms with van der Waals surface area (Å²) < 4.78 is 2.04. The smallest absolute Gasteiger partial charge is 0.247 e. The second kappa shape index (κ2) is 9.97. The van der Waals surface area contributed by atoms with Gasteiger partial charge in [0.25, 0.3) is 0 Å². The second-order valence-corrected chi connectivity index (χ2v) is 9.70. The molecule has 2 amide bonds. The number of nitrogens with zero attached hydrogens (tertiary/aromatic N) is 3. The van der Waals surface area contributed by atoms with Crippen LogP contribution in [0.3, 0.4) is 0 Å². The van der Waals surface area contributed by atoms with E-state index in [1.807, 2.05) is 35.9 Å². The summed E-state index contributed by atoms with van der Waals surface area (Å²) in [6.07, 6.45) is 11.8. The van der Waals surface area contributed by atoms with Crippen LogP contribution in [0.4, 0.5) is 11.5 Å². The lowest BCUT2D eigenvalue weighted by atomic mass is 9.84. The van der Waals surface area contributed by atoms with Crippen molar-refractivity contribution in [1.29, 1.82) is 0 Å². The van der Waals surface area contributed by atoms with Crippen LogP contribution >= 0.6 is 0 Å². The van der Waals surface area contributed by atoms with Gasteiger partial charge in [-0.3, -0.25) is 9.59 Å². The molecular weight excluding hydrogens is 452 g/mol. The lowest BCUT2D eigenvalue weighted by Gasteiger charge is -2.24. The molecule has 2 aliphatic carbocycles. The number of amides is 2. The van der Waals surface area contributed by atoms with Crippen LogP contribution in [-0.4, -0.2) is 32.4 Å².